The minimum Gasteiger partial charge on any atom is -0.366 e. The van der Waals surface area contributed by atoms with Crippen LogP contribution in [0.4, 0.5) is 5.82 Å². The number of piperidine rings is 3. The molecule has 92 valence electrons. The van der Waals surface area contributed by atoms with E-state index in [1.807, 2.05) is 12.3 Å². The van der Waals surface area contributed by atoms with E-state index in [0.717, 1.165) is 16.8 Å². The van der Waals surface area contributed by atoms with Crippen LogP contribution in [0.25, 0.3) is 0 Å². The fraction of sp³-hybridized carbons (Fsp3) is 0.667. The minimum atomic E-state index is 0.571. The zero-order valence-corrected chi connectivity index (χ0v) is 10.9. The van der Waals surface area contributed by atoms with Gasteiger partial charge in [-0.25, -0.2) is 9.97 Å². The third-order valence-corrected chi connectivity index (χ3v) is 4.48. The Bertz CT molecular complexity index is 390. The SMILES string of the molecule is CSc1cc(NC2CN3CCC2CC3)ncn1. The molecular weight excluding hydrogens is 232 g/mol. The van der Waals surface area contributed by atoms with Crippen LogP contribution in [-0.2, 0) is 0 Å². The van der Waals surface area contributed by atoms with Crippen molar-refractivity contribution < 1.29 is 0 Å². The maximum absolute atomic E-state index is 4.31. The highest BCUT2D eigenvalue weighted by Gasteiger charge is 2.34. The zero-order chi connectivity index (χ0) is 11.7. The van der Waals surface area contributed by atoms with Crippen LogP contribution in [0.15, 0.2) is 17.4 Å². The monoisotopic (exact) mass is 250 g/mol. The number of nitrogens with one attached hydrogen (secondary N) is 1. The Hall–Kier alpha value is -0.810. The van der Waals surface area contributed by atoms with Crippen LogP contribution in [0.3, 0.4) is 0 Å². The van der Waals surface area contributed by atoms with Gasteiger partial charge in [0.25, 0.3) is 0 Å². The molecule has 0 aromatic carbocycles. The molecule has 0 saturated carbocycles. The molecule has 5 heteroatoms. The number of fused-ring (bicyclic) bond motifs is 3. The van der Waals surface area contributed by atoms with Gasteiger partial charge in [-0.15, -0.1) is 11.8 Å². The average Bonchev–Trinajstić information content (AvgIpc) is 2.40. The quantitative estimate of drug-likeness (QED) is 0.653. The minimum absolute atomic E-state index is 0.571. The lowest BCUT2D eigenvalue weighted by Crippen LogP contribution is -2.53. The van der Waals surface area contributed by atoms with E-state index in [2.05, 4.69) is 20.2 Å². The van der Waals surface area contributed by atoms with Crippen LogP contribution in [0.2, 0.25) is 0 Å². The van der Waals surface area contributed by atoms with Crippen LogP contribution in [-0.4, -0.2) is 46.8 Å². The molecule has 3 saturated heterocycles. The molecule has 17 heavy (non-hydrogen) atoms. The van der Waals surface area contributed by atoms with Gasteiger partial charge in [-0.3, -0.25) is 0 Å². The molecule has 1 N–H and O–H groups in total. The first-order valence-electron chi connectivity index (χ1n) is 6.20. The van der Waals surface area contributed by atoms with Gasteiger partial charge in [0.15, 0.2) is 0 Å². The van der Waals surface area contributed by atoms with E-state index in [1.54, 1.807) is 18.1 Å². The molecule has 1 aromatic rings. The van der Waals surface area contributed by atoms with Crippen molar-refractivity contribution in [2.75, 3.05) is 31.2 Å². The molecule has 0 radical (unpaired) electrons. The zero-order valence-electron chi connectivity index (χ0n) is 10.1. The lowest BCUT2D eigenvalue weighted by atomic mass is 9.84. The molecule has 1 unspecified atom stereocenters. The highest BCUT2D eigenvalue weighted by atomic mass is 32.2. The summed E-state index contributed by atoms with van der Waals surface area (Å²) >= 11 is 1.66. The lowest BCUT2D eigenvalue weighted by Gasteiger charge is -2.45. The highest BCUT2D eigenvalue weighted by Crippen LogP contribution is 2.29. The Labute approximate surface area is 106 Å². The Morgan fingerprint density at radius 2 is 2.18 bits per heavy atom. The molecule has 4 heterocycles. The summed E-state index contributed by atoms with van der Waals surface area (Å²) in [5.41, 5.74) is 0. The first-order valence-corrected chi connectivity index (χ1v) is 7.42. The highest BCUT2D eigenvalue weighted by molar-refractivity contribution is 7.98. The third-order valence-electron chi connectivity index (χ3n) is 3.84. The number of hydrogen-bond donors (Lipinski definition) is 1. The molecule has 1 aromatic heterocycles. The second kappa shape index (κ2) is 4.82. The normalized spacial score (nSPS) is 31.5. The van der Waals surface area contributed by atoms with E-state index in [9.17, 15) is 0 Å². The first-order chi connectivity index (χ1) is 8.35. The summed E-state index contributed by atoms with van der Waals surface area (Å²) < 4.78 is 0. The van der Waals surface area contributed by atoms with Crippen LogP contribution < -0.4 is 5.32 Å². The molecule has 3 fully saturated rings. The molecule has 4 nitrogen and oxygen atoms in total. The summed E-state index contributed by atoms with van der Waals surface area (Å²) in [7, 11) is 0. The fourth-order valence-corrected chi connectivity index (χ4v) is 3.23. The molecule has 3 aliphatic rings. The average molecular weight is 250 g/mol. The van der Waals surface area contributed by atoms with E-state index in [1.165, 1.54) is 32.5 Å². The second-order valence-corrected chi connectivity index (χ2v) is 5.66. The number of nitrogens with zero attached hydrogens (tertiary/aromatic N) is 3. The molecule has 1 atom stereocenters. The van der Waals surface area contributed by atoms with Gasteiger partial charge < -0.3 is 10.2 Å². The van der Waals surface area contributed by atoms with Gasteiger partial charge in [-0.1, -0.05) is 0 Å². The summed E-state index contributed by atoms with van der Waals surface area (Å²) in [5.74, 6) is 1.80. The number of aromatic nitrogens is 2. The predicted molar refractivity (Wildman–Crippen MR) is 70.4 cm³/mol. The van der Waals surface area contributed by atoms with Crippen LogP contribution in [0.5, 0.6) is 0 Å². The summed E-state index contributed by atoms with van der Waals surface area (Å²) in [4.78, 5) is 11.1. The molecule has 3 aliphatic heterocycles. The second-order valence-electron chi connectivity index (χ2n) is 4.83. The Balaban J connectivity index is 1.70. The van der Waals surface area contributed by atoms with Crippen molar-refractivity contribution in [1.82, 2.24) is 14.9 Å². The smallest absolute Gasteiger partial charge is 0.130 e. The molecule has 4 rings (SSSR count). The maximum atomic E-state index is 4.31. The molecule has 0 aliphatic carbocycles. The first kappa shape index (κ1) is 11.3. The van der Waals surface area contributed by atoms with Gasteiger partial charge in [0.05, 0.1) is 0 Å². The van der Waals surface area contributed by atoms with Gasteiger partial charge in [-0.05, 0) is 38.1 Å². The maximum Gasteiger partial charge on any atom is 0.130 e. The Kier molecular flexibility index (Phi) is 3.20. The summed E-state index contributed by atoms with van der Waals surface area (Å²) in [6.07, 6.45) is 6.35. The van der Waals surface area contributed by atoms with E-state index < -0.39 is 0 Å². The topological polar surface area (TPSA) is 41.0 Å². The van der Waals surface area contributed by atoms with Crippen molar-refractivity contribution in [2.45, 2.75) is 23.9 Å². The van der Waals surface area contributed by atoms with Crippen molar-refractivity contribution in [3.05, 3.63) is 12.4 Å². The third kappa shape index (κ3) is 2.40. The van der Waals surface area contributed by atoms with Crippen molar-refractivity contribution in [2.24, 2.45) is 5.92 Å². The fourth-order valence-electron chi connectivity index (χ4n) is 2.85. The van der Waals surface area contributed by atoms with Crippen molar-refractivity contribution >= 4 is 17.6 Å². The standard InChI is InChI=1S/C12H18N4S/c1-17-12-6-11(13-8-14-12)15-10-7-16-4-2-9(10)3-5-16/h6,8-10H,2-5,7H2,1H3,(H,13,14,15). The Morgan fingerprint density at radius 3 is 2.82 bits per heavy atom. The summed E-state index contributed by atoms with van der Waals surface area (Å²) in [5, 5.41) is 4.61. The number of rotatable bonds is 3. The molecule has 0 spiro atoms. The Morgan fingerprint density at radius 1 is 1.35 bits per heavy atom. The molecule has 0 amide bonds. The van der Waals surface area contributed by atoms with Crippen molar-refractivity contribution in [3.63, 3.8) is 0 Å². The van der Waals surface area contributed by atoms with Crippen LogP contribution in [0.1, 0.15) is 12.8 Å². The number of hydrogen-bond acceptors (Lipinski definition) is 5. The van der Waals surface area contributed by atoms with E-state index in [-0.39, 0.29) is 0 Å². The van der Waals surface area contributed by atoms with Crippen LogP contribution in [0, 0.1) is 5.92 Å². The molecule has 2 bridgehead atoms. The van der Waals surface area contributed by atoms with E-state index >= 15 is 0 Å². The van der Waals surface area contributed by atoms with Crippen molar-refractivity contribution in [1.29, 1.82) is 0 Å². The van der Waals surface area contributed by atoms with Gasteiger partial charge in [0, 0.05) is 18.7 Å². The largest absolute Gasteiger partial charge is 0.366 e. The van der Waals surface area contributed by atoms with Gasteiger partial charge in [0.1, 0.15) is 17.2 Å². The molecular formula is C12H18N4S. The van der Waals surface area contributed by atoms with Gasteiger partial charge >= 0.3 is 0 Å². The van der Waals surface area contributed by atoms with Gasteiger partial charge in [-0.2, -0.15) is 0 Å². The van der Waals surface area contributed by atoms with E-state index in [4.69, 9.17) is 0 Å². The summed E-state index contributed by atoms with van der Waals surface area (Å²) in [6, 6.07) is 2.62. The predicted octanol–water partition coefficient (Wildman–Crippen LogP) is 1.70. The number of anilines is 1. The lowest BCUT2D eigenvalue weighted by molar-refractivity contribution is 0.0973. The van der Waals surface area contributed by atoms with Gasteiger partial charge in [0.2, 0.25) is 0 Å². The summed E-state index contributed by atoms with van der Waals surface area (Å²) in [6.45, 7) is 3.73. The van der Waals surface area contributed by atoms with Crippen LogP contribution >= 0.6 is 11.8 Å². The van der Waals surface area contributed by atoms with E-state index in [0.29, 0.717) is 6.04 Å². The number of thioether (sulfide) groups is 1. The van der Waals surface area contributed by atoms with Crippen molar-refractivity contribution in [3.8, 4) is 0 Å².